The molecule has 0 bridgehead atoms. The highest BCUT2D eigenvalue weighted by molar-refractivity contribution is 6.40. The quantitative estimate of drug-likeness (QED) is 0.110. The zero-order valence-electron chi connectivity index (χ0n) is 31.9. The van der Waals surface area contributed by atoms with Gasteiger partial charge in [0, 0.05) is 54.9 Å². The van der Waals surface area contributed by atoms with Gasteiger partial charge >= 0.3 is 6.03 Å². The van der Waals surface area contributed by atoms with Gasteiger partial charge in [-0.05, 0) is 36.8 Å². The SMILES string of the molecule is CCCN(CCOc1c(Cl)cc(Cl)cc1Cl)C(=O)n1ccnc1.COc1cc(N2CCOCC2)ccc1Nc1nc(Nc2cc(F)cc3c2OCCNC3=O)ncc1Cl. The average molecular weight is 892 g/mol. The Kier molecular flexibility index (Phi) is 15.1. The number of hydrogen-bond donors (Lipinski definition) is 3. The predicted octanol–water partition coefficient (Wildman–Crippen LogP) is 8.33. The van der Waals surface area contributed by atoms with Crippen LogP contribution in [0.15, 0.2) is 67.4 Å². The number of carbonyl (C=O) groups is 2. The molecule has 2 aliphatic heterocycles. The molecule has 15 nitrogen and oxygen atoms in total. The van der Waals surface area contributed by atoms with Gasteiger partial charge < -0.3 is 44.7 Å². The molecule has 0 spiro atoms. The molecule has 7 rings (SSSR count). The second-order valence-corrected chi connectivity index (χ2v) is 14.5. The lowest BCUT2D eigenvalue weighted by Crippen LogP contribution is -2.37. The lowest BCUT2D eigenvalue weighted by Gasteiger charge is -2.29. The van der Waals surface area contributed by atoms with Crippen LogP contribution in [0.2, 0.25) is 20.1 Å². The second kappa shape index (κ2) is 20.6. The number of hydrogen-bond acceptors (Lipinski definition) is 12. The van der Waals surface area contributed by atoms with Crippen LogP contribution in [0.25, 0.3) is 0 Å². The molecule has 2 aliphatic rings. The summed E-state index contributed by atoms with van der Waals surface area (Å²) in [5.41, 5.74) is 1.99. The fraction of sp³-hybridized carbons (Fsp3) is 0.308. The van der Waals surface area contributed by atoms with E-state index in [1.807, 2.05) is 25.1 Å². The van der Waals surface area contributed by atoms with Crippen molar-refractivity contribution in [2.45, 2.75) is 13.3 Å². The molecule has 0 radical (unpaired) electrons. The van der Waals surface area contributed by atoms with Crippen molar-refractivity contribution in [1.29, 1.82) is 0 Å². The van der Waals surface area contributed by atoms with Gasteiger partial charge in [-0.15, -0.1) is 0 Å². The molecule has 1 fully saturated rings. The maximum absolute atomic E-state index is 14.3. The van der Waals surface area contributed by atoms with E-state index in [2.05, 4.69) is 35.8 Å². The molecule has 2 aromatic heterocycles. The molecule has 1 saturated heterocycles. The van der Waals surface area contributed by atoms with Crippen LogP contribution < -0.4 is 35.1 Å². The minimum absolute atomic E-state index is 0.0902. The normalized spacial score (nSPS) is 13.5. The molecular formula is C39H40Cl4FN9O6. The Morgan fingerprint density at radius 2 is 1.78 bits per heavy atom. The number of ether oxygens (including phenoxy) is 4. The van der Waals surface area contributed by atoms with E-state index < -0.39 is 11.7 Å². The first-order valence-corrected chi connectivity index (χ1v) is 19.9. The van der Waals surface area contributed by atoms with Gasteiger partial charge in [-0.3, -0.25) is 9.36 Å². The first-order valence-electron chi connectivity index (χ1n) is 18.4. The smallest absolute Gasteiger partial charge is 0.329 e. The van der Waals surface area contributed by atoms with Gasteiger partial charge in [0.05, 0.1) is 66.6 Å². The monoisotopic (exact) mass is 889 g/mol. The molecule has 0 unspecified atom stereocenters. The van der Waals surface area contributed by atoms with Crippen LogP contribution >= 0.6 is 46.4 Å². The fourth-order valence-corrected chi connectivity index (χ4v) is 7.09. The number of nitrogens with one attached hydrogen (secondary N) is 3. The first-order chi connectivity index (χ1) is 28.5. The summed E-state index contributed by atoms with van der Waals surface area (Å²) in [7, 11) is 1.59. The summed E-state index contributed by atoms with van der Waals surface area (Å²) in [6.45, 7) is 6.80. The number of carbonyl (C=O) groups excluding carboxylic acids is 2. The Balaban J connectivity index is 0.000000220. The number of halogens is 5. The molecule has 3 N–H and O–H groups in total. The number of amides is 2. The van der Waals surface area contributed by atoms with E-state index in [0.717, 1.165) is 31.3 Å². The lowest BCUT2D eigenvalue weighted by atomic mass is 10.1. The van der Waals surface area contributed by atoms with Gasteiger partial charge in [-0.2, -0.15) is 4.98 Å². The molecule has 5 aromatic rings. The number of fused-ring (bicyclic) bond motifs is 1. The molecule has 312 valence electrons. The third-order valence-electron chi connectivity index (χ3n) is 8.80. The highest BCUT2D eigenvalue weighted by Gasteiger charge is 2.23. The second-order valence-electron chi connectivity index (χ2n) is 12.8. The van der Waals surface area contributed by atoms with Gasteiger partial charge in [0.25, 0.3) is 5.91 Å². The topological polar surface area (TPSA) is 157 Å². The summed E-state index contributed by atoms with van der Waals surface area (Å²) < 4.78 is 38.0. The van der Waals surface area contributed by atoms with Crippen LogP contribution in [-0.4, -0.2) is 103 Å². The third kappa shape index (κ3) is 11.3. The summed E-state index contributed by atoms with van der Waals surface area (Å²) in [4.78, 5) is 41.0. The molecule has 59 heavy (non-hydrogen) atoms. The summed E-state index contributed by atoms with van der Waals surface area (Å²) in [5, 5.41) is 10.2. The van der Waals surface area contributed by atoms with Crippen LogP contribution in [0, 0.1) is 5.82 Å². The molecule has 3 aromatic carbocycles. The highest BCUT2D eigenvalue weighted by atomic mass is 35.5. The fourth-order valence-electron chi connectivity index (χ4n) is 6.02. The van der Waals surface area contributed by atoms with Crippen molar-refractivity contribution in [2.75, 3.05) is 81.8 Å². The Labute approximate surface area is 359 Å². The highest BCUT2D eigenvalue weighted by Crippen LogP contribution is 2.37. The molecular weight excluding hydrogens is 851 g/mol. The van der Waals surface area contributed by atoms with Crippen LogP contribution in [0.1, 0.15) is 23.7 Å². The predicted molar refractivity (Wildman–Crippen MR) is 226 cm³/mol. The largest absolute Gasteiger partial charge is 0.494 e. The maximum Gasteiger partial charge on any atom is 0.329 e. The Morgan fingerprint density at radius 1 is 1.00 bits per heavy atom. The van der Waals surface area contributed by atoms with Crippen LogP contribution in [-0.2, 0) is 4.74 Å². The minimum Gasteiger partial charge on any atom is -0.494 e. The molecule has 0 aliphatic carbocycles. The van der Waals surface area contributed by atoms with E-state index in [1.165, 1.54) is 23.2 Å². The number of nitrogens with zero attached hydrogens (tertiary/aromatic N) is 6. The van der Waals surface area contributed by atoms with Crippen molar-refractivity contribution < 1.29 is 32.9 Å². The van der Waals surface area contributed by atoms with Crippen LogP contribution in [0.3, 0.4) is 0 Å². The standard InChI is InChI=1S/C24H24ClFN6O4.C15H16Cl3N3O2/c1-34-20-12-15(32-5-8-35-9-6-32)2-3-18(20)29-22-17(25)13-28-24(31-22)30-19-11-14(26)10-16-21(19)36-7-4-27-23(16)33;1-2-4-20(15(22)21-5-3-19-10-21)6-7-23-14-12(17)8-11(16)9-13(14)18/h2-3,10-13H,4-9H2,1H3,(H,27,33)(H2,28,29,30,31);3,5,8-10H,2,4,6-7H2,1H3. The Morgan fingerprint density at radius 3 is 2.49 bits per heavy atom. The average Bonchev–Trinajstić information content (AvgIpc) is 3.71. The summed E-state index contributed by atoms with van der Waals surface area (Å²) in [6, 6.07) is 11.1. The maximum atomic E-state index is 14.3. The third-order valence-corrected chi connectivity index (χ3v) is 9.85. The van der Waals surface area contributed by atoms with Crippen molar-refractivity contribution >= 4 is 87.2 Å². The van der Waals surface area contributed by atoms with Crippen LogP contribution in [0.4, 0.5) is 38.0 Å². The molecule has 4 heterocycles. The van der Waals surface area contributed by atoms with Crippen molar-refractivity contribution in [3.63, 3.8) is 0 Å². The Bertz CT molecular complexity index is 2230. The molecule has 20 heteroatoms. The molecule has 2 amide bonds. The number of benzene rings is 3. The molecule has 0 saturated carbocycles. The lowest BCUT2D eigenvalue weighted by molar-refractivity contribution is 0.0956. The van der Waals surface area contributed by atoms with Gasteiger partial charge in [-0.25, -0.2) is 19.2 Å². The van der Waals surface area contributed by atoms with Gasteiger partial charge in [0.1, 0.15) is 36.1 Å². The van der Waals surface area contributed by atoms with Crippen molar-refractivity contribution in [2.24, 2.45) is 0 Å². The summed E-state index contributed by atoms with van der Waals surface area (Å²) >= 11 is 24.4. The summed E-state index contributed by atoms with van der Waals surface area (Å²) in [6.07, 6.45) is 6.89. The van der Waals surface area contributed by atoms with Crippen molar-refractivity contribution in [3.8, 4) is 17.2 Å². The zero-order chi connectivity index (χ0) is 41.9. The van der Waals surface area contributed by atoms with E-state index >= 15 is 0 Å². The van der Waals surface area contributed by atoms with E-state index in [9.17, 15) is 14.0 Å². The van der Waals surface area contributed by atoms with Crippen molar-refractivity contribution in [3.05, 3.63) is 98.9 Å². The van der Waals surface area contributed by atoms with E-state index in [1.54, 1.807) is 36.5 Å². The van der Waals surface area contributed by atoms with Crippen LogP contribution in [0.5, 0.6) is 17.2 Å². The summed E-state index contributed by atoms with van der Waals surface area (Å²) in [5.74, 6) is 0.619. The first kappa shape index (κ1) is 43.3. The van der Waals surface area contributed by atoms with Gasteiger partial charge in [-0.1, -0.05) is 53.3 Å². The number of imidazole rings is 1. The number of aromatic nitrogens is 4. The van der Waals surface area contributed by atoms with Crippen molar-refractivity contribution in [1.82, 2.24) is 29.7 Å². The Hall–Kier alpha value is -5.26. The number of anilines is 5. The minimum atomic E-state index is -0.602. The zero-order valence-corrected chi connectivity index (χ0v) is 35.0. The number of morpholine rings is 1. The van der Waals surface area contributed by atoms with E-state index in [0.29, 0.717) is 70.9 Å². The van der Waals surface area contributed by atoms with E-state index in [-0.39, 0.29) is 47.2 Å². The van der Waals surface area contributed by atoms with Gasteiger partial charge in [0.2, 0.25) is 5.95 Å². The molecule has 0 atom stereocenters. The number of methoxy groups -OCH3 is 1. The van der Waals surface area contributed by atoms with Gasteiger partial charge in [0.15, 0.2) is 17.3 Å². The van der Waals surface area contributed by atoms with E-state index in [4.69, 9.17) is 65.4 Å². The number of rotatable bonds is 12.